The van der Waals surface area contributed by atoms with Gasteiger partial charge in [-0.1, -0.05) is 0 Å². The molecule has 1 amide bonds. The summed E-state index contributed by atoms with van der Waals surface area (Å²) in [4.78, 5) is 14.7. The predicted octanol–water partition coefficient (Wildman–Crippen LogP) is -0.767. The third-order valence-corrected chi connectivity index (χ3v) is 8.94. The molecule has 2 saturated heterocycles. The Morgan fingerprint density at radius 2 is 1.57 bits per heavy atom. The molecule has 1 aromatic rings. The summed E-state index contributed by atoms with van der Waals surface area (Å²) in [6.45, 7) is 3.57. The van der Waals surface area contributed by atoms with Crippen LogP contribution in [0.5, 0.6) is 0 Å². The molecule has 2 aliphatic rings. The van der Waals surface area contributed by atoms with Crippen LogP contribution < -0.4 is 0 Å². The van der Waals surface area contributed by atoms with Crippen LogP contribution >= 0.6 is 0 Å². The summed E-state index contributed by atoms with van der Waals surface area (Å²) < 4.78 is 53.2. The topological polar surface area (TPSA) is 113 Å². The molecule has 2 aliphatic heterocycles. The van der Waals surface area contributed by atoms with Gasteiger partial charge in [-0.3, -0.25) is 9.48 Å². The molecular weight excluding hydrogens is 406 g/mol. The van der Waals surface area contributed by atoms with Crippen molar-refractivity contribution in [2.24, 2.45) is 13.0 Å². The van der Waals surface area contributed by atoms with Gasteiger partial charge in [-0.15, -0.1) is 0 Å². The van der Waals surface area contributed by atoms with E-state index in [1.165, 1.54) is 25.7 Å². The minimum absolute atomic E-state index is 0.0113. The lowest BCUT2D eigenvalue weighted by molar-refractivity contribution is -0.137. The molecule has 2 fully saturated rings. The molecule has 0 atom stereocenters. The average Bonchev–Trinajstić information content (AvgIpc) is 3.00. The minimum atomic E-state index is -3.63. The molecule has 0 aromatic carbocycles. The Kier molecular flexibility index (Phi) is 5.86. The first-order valence-electron chi connectivity index (χ1n) is 9.24. The number of carbonyl (C=O) groups is 1. The van der Waals surface area contributed by atoms with E-state index in [4.69, 9.17) is 0 Å². The number of aryl methyl sites for hydroxylation is 1. The van der Waals surface area contributed by atoms with E-state index in [1.54, 1.807) is 18.9 Å². The monoisotopic (exact) mass is 433 g/mol. The molecule has 0 radical (unpaired) electrons. The van der Waals surface area contributed by atoms with Gasteiger partial charge >= 0.3 is 0 Å². The second-order valence-corrected chi connectivity index (χ2v) is 11.3. The van der Waals surface area contributed by atoms with Crippen molar-refractivity contribution in [3.05, 3.63) is 11.9 Å². The van der Waals surface area contributed by atoms with Crippen LogP contribution in [0.1, 0.15) is 18.5 Å². The molecule has 0 N–H and O–H groups in total. The SMILES string of the molecule is Cc1c(S(=O)(=O)N2CCN(C(=O)C3CCN(S(C)(=O)=O)CC3)CC2)cnn1C. The fraction of sp³-hybridized carbons (Fsp3) is 0.750. The molecule has 28 heavy (non-hydrogen) atoms. The van der Waals surface area contributed by atoms with Gasteiger partial charge in [0.25, 0.3) is 0 Å². The number of nitrogens with zero attached hydrogens (tertiary/aromatic N) is 5. The van der Waals surface area contributed by atoms with E-state index in [2.05, 4.69) is 5.10 Å². The zero-order valence-corrected chi connectivity index (χ0v) is 18.0. The molecule has 12 heteroatoms. The van der Waals surface area contributed by atoms with Crippen molar-refractivity contribution in [2.45, 2.75) is 24.7 Å². The zero-order valence-electron chi connectivity index (χ0n) is 16.4. The molecule has 0 spiro atoms. The summed E-state index contributed by atoms with van der Waals surface area (Å²) in [5.74, 6) is -0.218. The summed E-state index contributed by atoms with van der Waals surface area (Å²) in [7, 11) is -5.16. The Hall–Kier alpha value is -1.50. The van der Waals surface area contributed by atoms with Crippen molar-refractivity contribution in [3.8, 4) is 0 Å². The number of piperazine rings is 1. The number of hydrogen-bond donors (Lipinski definition) is 0. The number of aromatic nitrogens is 2. The van der Waals surface area contributed by atoms with Crippen LogP contribution in [0.15, 0.2) is 11.1 Å². The molecule has 0 aliphatic carbocycles. The van der Waals surface area contributed by atoms with Crippen LogP contribution in [0.3, 0.4) is 0 Å². The second kappa shape index (κ2) is 7.73. The first-order valence-corrected chi connectivity index (χ1v) is 12.5. The summed E-state index contributed by atoms with van der Waals surface area (Å²) >= 11 is 0. The lowest BCUT2D eigenvalue weighted by Gasteiger charge is -2.37. The van der Waals surface area contributed by atoms with E-state index in [-0.39, 0.29) is 29.8 Å². The van der Waals surface area contributed by atoms with Crippen LogP contribution in [0.25, 0.3) is 0 Å². The Bertz CT molecular complexity index is 940. The Labute approximate surface area is 166 Å². The van der Waals surface area contributed by atoms with Crippen molar-refractivity contribution in [3.63, 3.8) is 0 Å². The van der Waals surface area contributed by atoms with E-state index in [0.29, 0.717) is 44.7 Å². The highest BCUT2D eigenvalue weighted by atomic mass is 32.2. The third kappa shape index (κ3) is 4.09. The van der Waals surface area contributed by atoms with E-state index < -0.39 is 20.0 Å². The summed E-state index contributed by atoms with van der Waals surface area (Å²) in [6, 6.07) is 0. The molecule has 0 unspecified atom stereocenters. The van der Waals surface area contributed by atoms with Gasteiger partial charge in [-0.2, -0.15) is 9.40 Å². The van der Waals surface area contributed by atoms with Crippen molar-refractivity contribution >= 4 is 26.0 Å². The summed E-state index contributed by atoms with van der Waals surface area (Å²) in [5, 5.41) is 4.00. The highest BCUT2D eigenvalue weighted by Crippen LogP contribution is 2.24. The first-order chi connectivity index (χ1) is 13.0. The Morgan fingerprint density at radius 1 is 1.00 bits per heavy atom. The molecule has 158 valence electrons. The van der Waals surface area contributed by atoms with Crippen molar-refractivity contribution in [1.82, 2.24) is 23.3 Å². The van der Waals surface area contributed by atoms with Crippen LogP contribution in [-0.4, -0.2) is 91.6 Å². The van der Waals surface area contributed by atoms with Crippen LogP contribution in [0.4, 0.5) is 0 Å². The van der Waals surface area contributed by atoms with Crippen LogP contribution in [0, 0.1) is 12.8 Å². The van der Waals surface area contributed by atoms with Crippen molar-refractivity contribution in [2.75, 3.05) is 45.5 Å². The molecule has 3 heterocycles. The highest BCUT2D eigenvalue weighted by Gasteiger charge is 2.35. The van der Waals surface area contributed by atoms with Gasteiger partial charge in [0.2, 0.25) is 26.0 Å². The predicted molar refractivity (Wildman–Crippen MR) is 102 cm³/mol. The number of hydrogen-bond acceptors (Lipinski definition) is 6. The lowest BCUT2D eigenvalue weighted by Crippen LogP contribution is -2.53. The minimum Gasteiger partial charge on any atom is -0.340 e. The lowest BCUT2D eigenvalue weighted by atomic mass is 9.96. The third-order valence-electron chi connectivity index (χ3n) is 5.63. The summed E-state index contributed by atoms with van der Waals surface area (Å²) in [6.07, 6.45) is 3.54. The van der Waals surface area contributed by atoms with Gasteiger partial charge in [0.1, 0.15) is 4.90 Å². The zero-order chi connectivity index (χ0) is 20.7. The smallest absolute Gasteiger partial charge is 0.246 e. The van der Waals surface area contributed by atoms with Crippen LogP contribution in [0.2, 0.25) is 0 Å². The van der Waals surface area contributed by atoms with Gasteiger partial charge in [0, 0.05) is 52.2 Å². The molecular formula is C16H27N5O5S2. The van der Waals surface area contributed by atoms with Gasteiger partial charge in [0.05, 0.1) is 18.1 Å². The maximum atomic E-state index is 12.8. The number of carbonyl (C=O) groups excluding carboxylic acids is 1. The van der Waals surface area contributed by atoms with E-state index in [1.807, 2.05) is 0 Å². The second-order valence-electron chi connectivity index (χ2n) is 7.38. The molecule has 3 rings (SSSR count). The fourth-order valence-electron chi connectivity index (χ4n) is 3.71. The largest absolute Gasteiger partial charge is 0.340 e. The Balaban J connectivity index is 1.58. The van der Waals surface area contributed by atoms with E-state index in [9.17, 15) is 21.6 Å². The average molecular weight is 434 g/mol. The van der Waals surface area contributed by atoms with Crippen molar-refractivity contribution < 1.29 is 21.6 Å². The number of sulfonamides is 2. The standard InChI is InChI=1S/C16H27N5O5S2/c1-13-15(12-17-18(13)2)28(25,26)21-10-8-19(9-11-21)16(22)14-4-6-20(7-5-14)27(3,23)24/h12,14H,4-11H2,1-3H3. The van der Waals surface area contributed by atoms with E-state index >= 15 is 0 Å². The highest BCUT2D eigenvalue weighted by molar-refractivity contribution is 7.89. The van der Waals surface area contributed by atoms with Gasteiger partial charge in [-0.05, 0) is 19.8 Å². The van der Waals surface area contributed by atoms with Crippen LogP contribution in [-0.2, 0) is 31.9 Å². The number of rotatable bonds is 4. The molecule has 1 aromatic heterocycles. The maximum absolute atomic E-state index is 12.8. The fourth-order valence-corrected chi connectivity index (χ4v) is 6.19. The van der Waals surface area contributed by atoms with Gasteiger partial charge in [0.15, 0.2) is 0 Å². The summed E-state index contributed by atoms with van der Waals surface area (Å²) in [5.41, 5.74) is 0.580. The Morgan fingerprint density at radius 3 is 2.04 bits per heavy atom. The molecule has 0 bridgehead atoms. The maximum Gasteiger partial charge on any atom is 0.246 e. The van der Waals surface area contributed by atoms with Gasteiger partial charge < -0.3 is 4.90 Å². The quantitative estimate of drug-likeness (QED) is 0.616. The number of amides is 1. The van der Waals surface area contributed by atoms with Gasteiger partial charge in [-0.25, -0.2) is 21.1 Å². The molecule has 0 saturated carbocycles. The molecule has 10 nitrogen and oxygen atoms in total. The normalized spacial score (nSPS) is 21.2. The first kappa shape index (κ1) is 21.2. The number of piperidine rings is 1. The van der Waals surface area contributed by atoms with Crippen molar-refractivity contribution in [1.29, 1.82) is 0 Å². The van der Waals surface area contributed by atoms with E-state index in [0.717, 1.165) is 0 Å².